The number of hydrogen-bond acceptors (Lipinski definition) is 6. The van der Waals surface area contributed by atoms with E-state index in [1.165, 1.54) is 36.6 Å². The monoisotopic (exact) mass is 328 g/mol. The van der Waals surface area contributed by atoms with E-state index in [9.17, 15) is 13.5 Å². The summed E-state index contributed by atoms with van der Waals surface area (Å²) in [4.78, 5) is 5.21. The molecule has 0 atom stereocenters. The van der Waals surface area contributed by atoms with Gasteiger partial charge in [0.05, 0.1) is 25.2 Å². The molecule has 0 saturated carbocycles. The fourth-order valence-corrected chi connectivity index (χ4v) is 3.63. The number of hydrogen-bond donors (Lipinski definition) is 2. The summed E-state index contributed by atoms with van der Waals surface area (Å²) in [7, 11) is -2.19. The van der Waals surface area contributed by atoms with Crippen LogP contribution in [0.25, 0.3) is 0 Å². The van der Waals surface area contributed by atoms with Gasteiger partial charge >= 0.3 is 0 Å². The average molecular weight is 328 g/mol. The first-order valence-electron chi connectivity index (χ1n) is 6.15. The van der Waals surface area contributed by atoms with Crippen molar-refractivity contribution in [2.24, 2.45) is 0 Å². The quantitative estimate of drug-likeness (QED) is 0.837. The van der Waals surface area contributed by atoms with Crippen LogP contribution >= 0.6 is 11.3 Å². The van der Waals surface area contributed by atoms with Crippen LogP contribution < -0.4 is 9.46 Å². The molecule has 0 aliphatic heterocycles. The van der Waals surface area contributed by atoms with Crippen molar-refractivity contribution in [1.29, 1.82) is 0 Å². The zero-order valence-corrected chi connectivity index (χ0v) is 13.3. The molecule has 0 aliphatic carbocycles. The fourth-order valence-electron chi connectivity index (χ4n) is 1.77. The molecule has 0 unspecified atom stereocenters. The maximum atomic E-state index is 12.2. The molecule has 0 amide bonds. The lowest BCUT2D eigenvalue weighted by atomic mass is 10.2. The Kier molecular flexibility index (Phi) is 4.94. The predicted molar refractivity (Wildman–Crippen MR) is 79.8 cm³/mol. The minimum atomic E-state index is -3.66. The van der Waals surface area contributed by atoms with Crippen molar-refractivity contribution < 1.29 is 18.3 Å². The summed E-state index contributed by atoms with van der Waals surface area (Å²) in [5, 5.41) is 9.95. The van der Waals surface area contributed by atoms with E-state index in [1.807, 2.05) is 6.92 Å². The molecule has 0 radical (unpaired) electrons. The van der Waals surface area contributed by atoms with E-state index in [1.54, 1.807) is 6.20 Å². The number of thiazole rings is 1. The highest BCUT2D eigenvalue weighted by Crippen LogP contribution is 2.22. The van der Waals surface area contributed by atoms with Crippen LogP contribution in [0.4, 0.5) is 0 Å². The van der Waals surface area contributed by atoms with E-state index in [-0.39, 0.29) is 18.0 Å². The summed E-state index contributed by atoms with van der Waals surface area (Å²) < 4.78 is 32.0. The van der Waals surface area contributed by atoms with Gasteiger partial charge in [0, 0.05) is 16.6 Å². The molecule has 1 heterocycles. The second-order valence-corrected chi connectivity index (χ2v) is 7.41. The molecule has 0 fully saturated rings. The van der Waals surface area contributed by atoms with Crippen LogP contribution in [0.15, 0.2) is 29.3 Å². The molecule has 2 N–H and O–H groups in total. The molecular weight excluding hydrogens is 312 g/mol. The molecule has 0 bridgehead atoms. The van der Waals surface area contributed by atoms with Crippen LogP contribution in [-0.2, 0) is 23.2 Å². The molecule has 2 rings (SSSR count). The van der Waals surface area contributed by atoms with E-state index < -0.39 is 10.0 Å². The van der Waals surface area contributed by atoms with Crippen molar-refractivity contribution >= 4 is 21.4 Å². The summed E-state index contributed by atoms with van der Waals surface area (Å²) in [5.74, 6) is 0.451. The van der Waals surface area contributed by atoms with Gasteiger partial charge in [0.25, 0.3) is 0 Å². The molecule has 1 aromatic heterocycles. The van der Waals surface area contributed by atoms with Crippen molar-refractivity contribution in [2.75, 3.05) is 7.11 Å². The van der Waals surface area contributed by atoms with E-state index in [0.29, 0.717) is 16.3 Å². The van der Waals surface area contributed by atoms with Crippen LogP contribution in [-0.4, -0.2) is 25.6 Å². The Balaban J connectivity index is 2.19. The number of sulfonamides is 1. The zero-order chi connectivity index (χ0) is 15.5. The number of benzene rings is 1. The Hall–Kier alpha value is -1.48. The zero-order valence-electron chi connectivity index (χ0n) is 11.7. The number of aliphatic hydroxyl groups excluding tert-OH is 1. The molecule has 21 heavy (non-hydrogen) atoms. The van der Waals surface area contributed by atoms with Crippen molar-refractivity contribution in [1.82, 2.24) is 9.71 Å². The van der Waals surface area contributed by atoms with Crippen molar-refractivity contribution in [3.63, 3.8) is 0 Å². The summed E-state index contributed by atoms with van der Waals surface area (Å²) in [6.45, 7) is 1.76. The first kappa shape index (κ1) is 15.9. The molecule has 0 saturated heterocycles. The number of aliphatic hydroxyl groups is 1. The Morgan fingerprint density at radius 1 is 1.43 bits per heavy atom. The van der Waals surface area contributed by atoms with Crippen LogP contribution in [0, 0.1) is 6.92 Å². The fraction of sp³-hybridized carbons (Fsp3) is 0.308. The molecule has 0 spiro atoms. The van der Waals surface area contributed by atoms with E-state index in [0.717, 1.165) is 4.88 Å². The van der Waals surface area contributed by atoms with E-state index >= 15 is 0 Å². The summed E-state index contributed by atoms with van der Waals surface area (Å²) >= 11 is 1.44. The van der Waals surface area contributed by atoms with Crippen LogP contribution in [0.2, 0.25) is 0 Å². The number of methoxy groups -OCH3 is 1. The first-order chi connectivity index (χ1) is 9.96. The Labute approximate surface area is 127 Å². The minimum Gasteiger partial charge on any atom is -0.496 e. The highest BCUT2D eigenvalue weighted by molar-refractivity contribution is 7.89. The largest absolute Gasteiger partial charge is 0.496 e. The van der Waals surface area contributed by atoms with Gasteiger partial charge in [-0.2, -0.15) is 0 Å². The third-order valence-electron chi connectivity index (χ3n) is 2.82. The highest BCUT2D eigenvalue weighted by atomic mass is 32.2. The van der Waals surface area contributed by atoms with Crippen molar-refractivity contribution in [3.8, 4) is 5.75 Å². The van der Waals surface area contributed by atoms with Gasteiger partial charge in [-0.25, -0.2) is 18.1 Å². The topological polar surface area (TPSA) is 88.5 Å². The van der Waals surface area contributed by atoms with Gasteiger partial charge in [0.2, 0.25) is 10.0 Å². The van der Waals surface area contributed by atoms with Gasteiger partial charge in [-0.15, -0.1) is 11.3 Å². The lowest BCUT2D eigenvalue weighted by molar-refractivity contribution is 0.273. The van der Waals surface area contributed by atoms with Crippen LogP contribution in [0.5, 0.6) is 5.75 Å². The summed E-state index contributed by atoms with van der Waals surface area (Å²) in [6.07, 6.45) is 1.70. The third kappa shape index (κ3) is 3.79. The van der Waals surface area contributed by atoms with Gasteiger partial charge in [0.1, 0.15) is 10.8 Å². The minimum absolute atomic E-state index is 0.0839. The normalized spacial score (nSPS) is 11.6. The maximum Gasteiger partial charge on any atom is 0.240 e. The number of rotatable bonds is 6. The standard InChI is InChI=1S/C13H16N2O4S2/c1-9-6-14-13(20-9)7-15-21(17,18)11-3-4-12(19-2)10(5-11)8-16/h3-6,15-16H,7-8H2,1-2H3. The Bertz CT molecular complexity index is 726. The van der Waals surface area contributed by atoms with Gasteiger partial charge in [-0.3, -0.25) is 0 Å². The number of nitrogens with one attached hydrogen (secondary N) is 1. The molecule has 6 nitrogen and oxygen atoms in total. The van der Waals surface area contributed by atoms with Gasteiger partial charge in [0.15, 0.2) is 0 Å². The predicted octanol–water partition coefficient (Wildman–Crippen LogP) is 1.43. The third-order valence-corrected chi connectivity index (χ3v) is 5.13. The smallest absolute Gasteiger partial charge is 0.240 e. The van der Waals surface area contributed by atoms with Crippen molar-refractivity contribution in [3.05, 3.63) is 39.8 Å². The van der Waals surface area contributed by atoms with Gasteiger partial charge in [-0.05, 0) is 25.1 Å². The molecular formula is C13H16N2O4S2. The maximum absolute atomic E-state index is 12.2. The lowest BCUT2D eigenvalue weighted by Crippen LogP contribution is -2.23. The molecule has 1 aromatic carbocycles. The number of nitrogens with zero attached hydrogens (tertiary/aromatic N) is 1. The lowest BCUT2D eigenvalue weighted by Gasteiger charge is -2.10. The number of aryl methyl sites for hydroxylation is 1. The summed E-state index contributed by atoms with van der Waals surface area (Å²) in [6, 6.07) is 4.36. The second kappa shape index (κ2) is 6.52. The van der Waals surface area contributed by atoms with Gasteiger partial charge in [-0.1, -0.05) is 0 Å². The molecule has 8 heteroatoms. The van der Waals surface area contributed by atoms with Crippen molar-refractivity contribution in [2.45, 2.75) is 25.0 Å². The number of aromatic nitrogens is 1. The Morgan fingerprint density at radius 3 is 2.76 bits per heavy atom. The van der Waals surface area contributed by atoms with Gasteiger partial charge < -0.3 is 9.84 Å². The number of ether oxygens (including phenoxy) is 1. The molecule has 0 aliphatic rings. The van der Waals surface area contributed by atoms with E-state index in [2.05, 4.69) is 9.71 Å². The van der Waals surface area contributed by atoms with E-state index in [4.69, 9.17) is 4.74 Å². The van der Waals surface area contributed by atoms with Crippen LogP contribution in [0.1, 0.15) is 15.4 Å². The average Bonchev–Trinajstić information content (AvgIpc) is 2.90. The van der Waals surface area contributed by atoms with Crippen LogP contribution in [0.3, 0.4) is 0 Å². The first-order valence-corrected chi connectivity index (χ1v) is 8.45. The summed E-state index contributed by atoms with van der Waals surface area (Å²) in [5.41, 5.74) is 0.422. The molecule has 114 valence electrons. The molecule has 2 aromatic rings. The highest BCUT2D eigenvalue weighted by Gasteiger charge is 2.16. The SMILES string of the molecule is COc1ccc(S(=O)(=O)NCc2ncc(C)s2)cc1CO. The second-order valence-electron chi connectivity index (χ2n) is 4.32. The Morgan fingerprint density at radius 2 is 2.19 bits per heavy atom.